The summed E-state index contributed by atoms with van der Waals surface area (Å²) in [5, 5.41) is 12.5. The minimum atomic E-state index is -3.99. The van der Waals surface area contributed by atoms with Gasteiger partial charge in [-0.2, -0.15) is 0 Å². The number of nitrogens with zero attached hydrogens (tertiary/aromatic N) is 2. The van der Waals surface area contributed by atoms with Crippen LogP contribution in [0.15, 0.2) is 36.4 Å². The second-order valence-electron chi connectivity index (χ2n) is 16.1. The number of aryl methyl sites for hydroxylation is 1. The number of amides is 2. The fraction of sp³-hybridized carbons (Fsp3) is 0.632. The summed E-state index contributed by atoms with van der Waals surface area (Å²) in [5.41, 5.74) is 1.57. The lowest BCUT2D eigenvalue weighted by atomic mass is 9.53. The normalized spacial score (nSPS) is 34.3. The van der Waals surface area contributed by atoms with Crippen LogP contribution in [0.25, 0.3) is 0 Å². The van der Waals surface area contributed by atoms with Crippen molar-refractivity contribution in [1.82, 2.24) is 9.62 Å². The molecular weight excluding hydrogens is 662 g/mol. The van der Waals surface area contributed by atoms with Gasteiger partial charge in [0.05, 0.1) is 29.6 Å². The second kappa shape index (κ2) is 12.7. The van der Waals surface area contributed by atoms with Crippen molar-refractivity contribution in [3.8, 4) is 5.75 Å². The Kier molecular flexibility index (Phi) is 9.01. The molecule has 49 heavy (non-hydrogen) atoms. The van der Waals surface area contributed by atoms with Crippen LogP contribution >= 0.6 is 11.6 Å². The SMILES string of the molecule is C[C@@H]1[C@@H](C)CCC[C@@](O)(CC(=O)N2CCC2)[C@@H]2CCC2(C)CN2C[C@@]3(CCCc4cc(Cl)ccc43)COc3ccc(cc32)C(=O)NS1(=O)=O. The molecule has 11 heteroatoms. The molecular formula is C38H50ClN3O6S. The first-order chi connectivity index (χ1) is 23.2. The van der Waals surface area contributed by atoms with Gasteiger partial charge in [0, 0.05) is 42.2 Å². The lowest BCUT2D eigenvalue weighted by Crippen LogP contribution is -2.60. The molecule has 3 aliphatic heterocycles. The maximum absolute atomic E-state index is 13.6. The number of carbonyl (C=O) groups excluding carboxylic acids is 2. The topological polar surface area (TPSA) is 116 Å². The van der Waals surface area contributed by atoms with Gasteiger partial charge in [0.15, 0.2) is 0 Å². The molecule has 2 fully saturated rings. The van der Waals surface area contributed by atoms with Gasteiger partial charge in [-0.05, 0) is 117 Å². The molecule has 1 saturated carbocycles. The van der Waals surface area contributed by atoms with E-state index in [1.165, 1.54) is 11.1 Å². The molecule has 1 saturated heterocycles. The van der Waals surface area contributed by atoms with Gasteiger partial charge in [-0.25, -0.2) is 13.1 Å². The summed E-state index contributed by atoms with van der Waals surface area (Å²) in [6.07, 6.45) is 7.17. The summed E-state index contributed by atoms with van der Waals surface area (Å²) >= 11 is 6.46. The average molecular weight is 712 g/mol. The summed E-state index contributed by atoms with van der Waals surface area (Å²) in [4.78, 5) is 31.2. The van der Waals surface area contributed by atoms with Gasteiger partial charge in [0.25, 0.3) is 5.91 Å². The standard InChI is InChI=1S/C38H50ClN3O6S/c1-25-7-4-15-38(45,21-34(43)41-17-6-18-41)33-13-16-36(33,3)22-42-23-37(14-5-8-27-19-29(39)10-11-30(27)37)24-48-32-12-9-28(20-31(32)42)35(44)40-49(46,47)26(25)2/h9-12,19-20,25-26,33,45H,4-8,13-18,21-24H2,1-3H3,(H,40,44)/t25-,26+,33+,36?,37-,38+/m0/s1. The summed E-state index contributed by atoms with van der Waals surface area (Å²) < 4.78 is 35.9. The van der Waals surface area contributed by atoms with Crippen LogP contribution in [0.4, 0.5) is 5.69 Å². The Labute approximate surface area is 295 Å². The van der Waals surface area contributed by atoms with E-state index in [1.54, 1.807) is 25.1 Å². The van der Waals surface area contributed by atoms with E-state index in [9.17, 15) is 23.1 Å². The van der Waals surface area contributed by atoms with E-state index in [-0.39, 0.29) is 40.6 Å². The number of hydrogen-bond acceptors (Lipinski definition) is 7. The quantitative estimate of drug-likeness (QED) is 0.402. The monoisotopic (exact) mass is 711 g/mol. The maximum Gasteiger partial charge on any atom is 0.264 e. The molecule has 2 aromatic carbocycles. The Balaban J connectivity index is 1.32. The van der Waals surface area contributed by atoms with Gasteiger partial charge >= 0.3 is 0 Å². The lowest BCUT2D eigenvalue weighted by Gasteiger charge is -2.57. The molecule has 1 spiro atoms. The van der Waals surface area contributed by atoms with Crippen LogP contribution in [-0.4, -0.2) is 73.9 Å². The first kappa shape index (κ1) is 34.6. The van der Waals surface area contributed by atoms with Crippen molar-refractivity contribution < 1.29 is 27.9 Å². The van der Waals surface area contributed by atoms with Gasteiger partial charge in [-0.15, -0.1) is 0 Å². The van der Waals surface area contributed by atoms with Gasteiger partial charge in [-0.3, -0.25) is 9.59 Å². The molecule has 9 nitrogen and oxygen atoms in total. The van der Waals surface area contributed by atoms with E-state index in [0.717, 1.165) is 57.3 Å². The maximum atomic E-state index is 13.6. The van der Waals surface area contributed by atoms with Crippen LogP contribution in [0, 0.1) is 17.3 Å². The number of nitrogens with one attached hydrogen (secondary N) is 1. The molecule has 6 atom stereocenters. The van der Waals surface area contributed by atoms with Crippen molar-refractivity contribution in [2.24, 2.45) is 17.3 Å². The Morgan fingerprint density at radius 2 is 1.84 bits per heavy atom. The summed E-state index contributed by atoms with van der Waals surface area (Å²) in [6.45, 7) is 8.88. The molecule has 5 aliphatic rings. The highest BCUT2D eigenvalue weighted by atomic mass is 35.5. The molecule has 1 unspecified atom stereocenters. The largest absolute Gasteiger partial charge is 0.490 e. The Bertz CT molecular complexity index is 1750. The van der Waals surface area contributed by atoms with E-state index in [4.69, 9.17) is 16.3 Å². The number of hydrogen-bond donors (Lipinski definition) is 2. The smallest absolute Gasteiger partial charge is 0.264 e. The van der Waals surface area contributed by atoms with Crippen molar-refractivity contribution in [3.05, 3.63) is 58.1 Å². The summed E-state index contributed by atoms with van der Waals surface area (Å²) in [5.74, 6) is -0.400. The molecule has 2 aliphatic carbocycles. The highest BCUT2D eigenvalue weighted by Gasteiger charge is 2.56. The van der Waals surface area contributed by atoms with E-state index >= 15 is 0 Å². The van der Waals surface area contributed by atoms with E-state index in [2.05, 4.69) is 28.7 Å². The number of likely N-dealkylation sites (tertiary alicyclic amines) is 1. The zero-order valence-electron chi connectivity index (χ0n) is 29.0. The third-order valence-electron chi connectivity index (χ3n) is 12.8. The van der Waals surface area contributed by atoms with Crippen LogP contribution in [0.3, 0.4) is 0 Å². The fourth-order valence-electron chi connectivity index (χ4n) is 9.43. The summed E-state index contributed by atoms with van der Waals surface area (Å²) in [7, 11) is -3.99. The van der Waals surface area contributed by atoms with Crippen molar-refractivity contribution in [3.63, 3.8) is 0 Å². The predicted octanol–water partition coefficient (Wildman–Crippen LogP) is 5.85. The first-order valence-electron chi connectivity index (χ1n) is 18.1. The van der Waals surface area contributed by atoms with Gasteiger partial charge in [0.1, 0.15) is 5.75 Å². The number of ether oxygens (including phenoxy) is 1. The number of carbonyl (C=O) groups is 2. The molecule has 266 valence electrons. The molecule has 3 heterocycles. The molecule has 2 aromatic rings. The van der Waals surface area contributed by atoms with Crippen LogP contribution in [0.2, 0.25) is 5.02 Å². The van der Waals surface area contributed by atoms with Gasteiger partial charge in [0.2, 0.25) is 15.9 Å². The number of aliphatic hydroxyl groups is 1. The predicted molar refractivity (Wildman–Crippen MR) is 191 cm³/mol. The highest BCUT2D eigenvalue weighted by Crippen LogP contribution is 2.56. The fourth-order valence-corrected chi connectivity index (χ4v) is 10.9. The minimum absolute atomic E-state index is 0.00121. The van der Waals surface area contributed by atoms with Crippen LogP contribution in [0.1, 0.15) is 100 Å². The number of anilines is 1. The summed E-state index contributed by atoms with van der Waals surface area (Å²) in [6, 6.07) is 11.3. The Morgan fingerprint density at radius 1 is 1.04 bits per heavy atom. The number of sulfonamides is 1. The number of benzene rings is 2. The van der Waals surface area contributed by atoms with Gasteiger partial charge in [-0.1, -0.05) is 37.9 Å². The Morgan fingerprint density at radius 3 is 2.55 bits per heavy atom. The third-order valence-corrected chi connectivity index (χ3v) is 15.0. The van der Waals surface area contributed by atoms with E-state index in [0.29, 0.717) is 49.7 Å². The Hall–Kier alpha value is -2.82. The molecule has 2 N–H and O–H groups in total. The third kappa shape index (κ3) is 6.35. The molecule has 2 bridgehead atoms. The van der Waals surface area contributed by atoms with E-state index < -0.39 is 26.8 Å². The number of halogens is 1. The lowest BCUT2D eigenvalue weighted by molar-refractivity contribution is -0.158. The molecule has 0 aromatic heterocycles. The highest BCUT2D eigenvalue weighted by molar-refractivity contribution is 7.90. The van der Waals surface area contributed by atoms with Crippen molar-refractivity contribution >= 4 is 39.1 Å². The zero-order chi connectivity index (χ0) is 34.8. The number of rotatable bonds is 2. The van der Waals surface area contributed by atoms with Crippen molar-refractivity contribution in [2.75, 3.05) is 37.7 Å². The van der Waals surface area contributed by atoms with Crippen LogP contribution in [0.5, 0.6) is 5.75 Å². The molecule has 0 radical (unpaired) electrons. The minimum Gasteiger partial charge on any atom is -0.490 e. The average Bonchev–Trinajstić information content (AvgIpc) is 3.15. The zero-order valence-corrected chi connectivity index (χ0v) is 30.5. The van der Waals surface area contributed by atoms with Crippen molar-refractivity contribution in [2.45, 2.75) is 101 Å². The van der Waals surface area contributed by atoms with Crippen LogP contribution in [-0.2, 0) is 26.7 Å². The van der Waals surface area contributed by atoms with Crippen LogP contribution < -0.4 is 14.4 Å². The molecule has 2 amide bonds. The molecule has 7 rings (SSSR count). The second-order valence-corrected chi connectivity index (χ2v) is 18.5. The van der Waals surface area contributed by atoms with Gasteiger partial charge < -0.3 is 19.6 Å². The first-order valence-corrected chi connectivity index (χ1v) is 20.0. The number of fused-ring (bicyclic) bond motifs is 4. The van der Waals surface area contributed by atoms with Crippen molar-refractivity contribution in [1.29, 1.82) is 0 Å². The van der Waals surface area contributed by atoms with E-state index in [1.807, 2.05) is 17.9 Å².